The summed E-state index contributed by atoms with van der Waals surface area (Å²) in [5, 5.41) is 0.857. The van der Waals surface area contributed by atoms with Crippen LogP contribution in [0.5, 0.6) is 0 Å². The number of fused-ring (bicyclic) bond motifs is 1. The minimum absolute atomic E-state index is 0.322. The molecule has 0 bridgehead atoms. The predicted molar refractivity (Wildman–Crippen MR) is 53.8 cm³/mol. The Labute approximate surface area is 82.7 Å². The molecule has 0 atom stereocenters. The quantitative estimate of drug-likeness (QED) is 0.770. The molecule has 1 aromatic heterocycles. The highest BCUT2D eigenvalue weighted by atomic mass is 79.9. The van der Waals surface area contributed by atoms with Gasteiger partial charge in [-0.1, -0.05) is 0 Å². The third-order valence-corrected chi connectivity index (χ3v) is 2.40. The average Bonchev–Trinajstić information content (AvgIpc) is 2.02. The number of benzene rings is 1. The van der Waals surface area contributed by atoms with Gasteiger partial charge in [0.2, 0.25) is 0 Å². The van der Waals surface area contributed by atoms with Crippen LogP contribution in [0, 0.1) is 5.82 Å². The minimum atomic E-state index is -0.322. The number of anilines is 1. The van der Waals surface area contributed by atoms with Crippen molar-refractivity contribution < 1.29 is 4.39 Å². The van der Waals surface area contributed by atoms with Crippen molar-refractivity contribution in [3.63, 3.8) is 0 Å². The molecule has 0 spiro atoms. The second kappa shape index (κ2) is 2.96. The first-order valence-corrected chi connectivity index (χ1v) is 4.47. The van der Waals surface area contributed by atoms with Crippen molar-refractivity contribution in [3.05, 3.63) is 34.6 Å². The fourth-order valence-electron chi connectivity index (χ4n) is 1.17. The van der Waals surface area contributed by atoms with Gasteiger partial charge in [-0.3, -0.25) is 0 Å². The number of nitrogens with zero attached hydrogens (tertiary/aromatic N) is 1. The largest absolute Gasteiger partial charge is 0.384 e. The number of nitrogen functional groups attached to an aromatic ring is 1. The summed E-state index contributed by atoms with van der Waals surface area (Å²) < 4.78 is 13.6. The molecule has 0 aliphatic rings. The van der Waals surface area contributed by atoms with Crippen LogP contribution < -0.4 is 5.73 Å². The molecular weight excluding hydrogens is 235 g/mol. The number of pyridine rings is 1. The molecule has 0 aliphatic carbocycles. The Morgan fingerprint density at radius 1 is 1.31 bits per heavy atom. The molecule has 0 fully saturated rings. The molecule has 0 unspecified atom stereocenters. The number of hydrogen-bond acceptors (Lipinski definition) is 2. The van der Waals surface area contributed by atoms with E-state index in [0.717, 1.165) is 5.39 Å². The summed E-state index contributed by atoms with van der Waals surface area (Å²) in [6, 6.07) is 6.25. The first-order valence-electron chi connectivity index (χ1n) is 3.68. The zero-order chi connectivity index (χ0) is 9.42. The van der Waals surface area contributed by atoms with Gasteiger partial charge >= 0.3 is 0 Å². The second-order valence-corrected chi connectivity index (χ2v) is 3.54. The molecule has 2 aromatic rings. The van der Waals surface area contributed by atoms with E-state index in [9.17, 15) is 4.39 Å². The Kier molecular flexibility index (Phi) is 1.92. The van der Waals surface area contributed by atoms with Gasteiger partial charge in [-0.2, -0.15) is 0 Å². The van der Waals surface area contributed by atoms with E-state index in [-0.39, 0.29) is 5.82 Å². The van der Waals surface area contributed by atoms with Gasteiger partial charge in [0.25, 0.3) is 0 Å². The van der Waals surface area contributed by atoms with E-state index in [1.165, 1.54) is 12.1 Å². The van der Waals surface area contributed by atoms with E-state index in [1.807, 2.05) is 0 Å². The van der Waals surface area contributed by atoms with Gasteiger partial charge in [-0.05, 0) is 34.1 Å². The van der Waals surface area contributed by atoms with Crippen LogP contribution in [0.25, 0.3) is 10.9 Å². The maximum Gasteiger partial charge on any atom is 0.126 e. The van der Waals surface area contributed by atoms with Gasteiger partial charge in [0.1, 0.15) is 11.6 Å². The standard InChI is InChI=1S/C9H6BrFN2/c10-7-3-5(11)4-8-6(7)1-2-9(12)13-8/h1-4H,(H2,12,13). The molecule has 13 heavy (non-hydrogen) atoms. The van der Waals surface area contributed by atoms with Crippen molar-refractivity contribution in [3.8, 4) is 0 Å². The fraction of sp³-hybridized carbons (Fsp3) is 0. The van der Waals surface area contributed by atoms with Crippen molar-refractivity contribution in [1.29, 1.82) is 0 Å². The minimum Gasteiger partial charge on any atom is -0.384 e. The molecule has 0 aliphatic heterocycles. The first-order chi connectivity index (χ1) is 6.16. The number of rotatable bonds is 0. The molecule has 0 saturated heterocycles. The smallest absolute Gasteiger partial charge is 0.126 e. The maximum absolute atomic E-state index is 12.9. The lowest BCUT2D eigenvalue weighted by Gasteiger charge is -2.00. The predicted octanol–water partition coefficient (Wildman–Crippen LogP) is 2.72. The number of hydrogen-bond donors (Lipinski definition) is 1. The van der Waals surface area contributed by atoms with Crippen LogP contribution in [-0.4, -0.2) is 4.98 Å². The Bertz CT molecular complexity index is 465. The van der Waals surface area contributed by atoms with Crippen LogP contribution in [-0.2, 0) is 0 Å². The van der Waals surface area contributed by atoms with E-state index in [1.54, 1.807) is 12.1 Å². The lowest BCUT2D eigenvalue weighted by molar-refractivity contribution is 0.628. The molecular formula is C9H6BrFN2. The number of nitrogens with two attached hydrogens (primary N) is 1. The van der Waals surface area contributed by atoms with Crippen LogP contribution in [0.3, 0.4) is 0 Å². The Morgan fingerprint density at radius 3 is 2.85 bits per heavy atom. The normalized spacial score (nSPS) is 10.6. The Hall–Kier alpha value is -1.16. The fourth-order valence-corrected chi connectivity index (χ4v) is 1.73. The van der Waals surface area contributed by atoms with Crippen LogP contribution in [0.1, 0.15) is 0 Å². The molecule has 0 saturated carbocycles. The highest BCUT2D eigenvalue weighted by Gasteiger charge is 2.02. The van der Waals surface area contributed by atoms with E-state index >= 15 is 0 Å². The van der Waals surface area contributed by atoms with Crippen LogP contribution >= 0.6 is 15.9 Å². The summed E-state index contributed by atoms with van der Waals surface area (Å²) in [4.78, 5) is 4.01. The van der Waals surface area contributed by atoms with E-state index in [0.29, 0.717) is 15.8 Å². The highest BCUT2D eigenvalue weighted by molar-refractivity contribution is 9.10. The maximum atomic E-state index is 12.9. The summed E-state index contributed by atoms with van der Waals surface area (Å²) in [5.41, 5.74) is 6.04. The summed E-state index contributed by atoms with van der Waals surface area (Å²) in [7, 11) is 0. The van der Waals surface area contributed by atoms with Crippen LogP contribution in [0.15, 0.2) is 28.7 Å². The molecule has 2 nitrogen and oxygen atoms in total. The van der Waals surface area contributed by atoms with Gasteiger partial charge in [-0.15, -0.1) is 0 Å². The Morgan fingerprint density at radius 2 is 2.08 bits per heavy atom. The number of halogens is 2. The monoisotopic (exact) mass is 240 g/mol. The van der Waals surface area contributed by atoms with E-state index in [4.69, 9.17) is 5.73 Å². The second-order valence-electron chi connectivity index (χ2n) is 2.69. The summed E-state index contributed by atoms with van der Waals surface area (Å²) in [6.07, 6.45) is 0. The molecule has 0 radical (unpaired) electrons. The SMILES string of the molecule is Nc1ccc2c(Br)cc(F)cc2n1. The lowest BCUT2D eigenvalue weighted by atomic mass is 10.2. The van der Waals surface area contributed by atoms with Gasteiger partial charge in [0.15, 0.2) is 0 Å². The van der Waals surface area contributed by atoms with Gasteiger partial charge < -0.3 is 5.73 Å². The first kappa shape index (κ1) is 8.44. The lowest BCUT2D eigenvalue weighted by Crippen LogP contribution is -1.90. The third-order valence-electron chi connectivity index (χ3n) is 1.74. The molecule has 1 heterocycles. The van der Waals surface area contributed by atoms with Gasteiger partial charge in [-0.25, -0.2) is 9.37 Å². The van der Waals surface area contributed by atoms with Crippen molar-refractivity contribution in [2.24, 2.45) is 0 Å². The third kappa shape index (κ3) is 1.49. The highest BCUT2D eigenvalue weighted by Crippen LogP contribution is 2.24. The van der Waals surface area contributed by atoms with Crippen LogP contribution in [0.2, 0.25) is 0 Å². The Balaban J connectivity index is 2.86. The van der Waals surface area contributed by atoms with Gasteiger partial charge in [0, 0.05) is 15.9 Å². The molecule has 0 amide bonds. The van der Waals surface area contributed by atoms with Crippen molar-refractivity contribution >= 4 is 32.7 Å². The molecule has 1 aromatic carbocycles. The van der Waals surface area contributed by atoms with Crippen molar-refractivity contribution in [1.82, 2.24) is 4.98 Å². The van der Waals surface area contributed by atoms with Gasteiger partial charge in [0.05, 0.1) is 5.52 Å². The molecule has 2 rings (SSSR count). The molecule has 2 N–H and O–H groups in total. The molecule has 4 heteroatoms. The summed E-state index contributed by atoms with van der Waals surface area (Å²) in [5.74, 6) is 0.0717. The van der Waals surface area contributed by atoms with Crippen LogP contribution in [0.4, 0.5) is 10.2 Å². The van der Waals surface area contributed by atoms with E-state index < -0.39 is 0 Å². The topological polar surface area (TPSA) is 38.9 Å². The average molecular weight is 241 g/mol. The van der Waals surface area contributed by atoms with Crippen molar-refractivity contribution in [2.45, 2.75) is 0 Å². The zero-order valence-corrected chi connectivity index (χ0v) is 8.18. The van der Waals surface area contributed by atoms with E-state index in [2.05, 4.69) is 20.9 Å². The summed E-state index contributed by atoms with van der Waals surface area (Å²) >= 11 is 3.25. The molecule has 66 valence electrons. The van der Waals surface area contributed by atoms with Crippen molar-refractivity contribution in [2.75, 3.05) is 5.73 Å². The summed E-state index contributed by atoms with van der Waals surface area (Å²) in [6.45, 7) is 0. The zero-order valence-electron chi connectivity index (χ0n) is 6.59. The number of aromatic nitrogens is 1.